The summed E-state index contributed by atoms with van der Waals surface area (Å²) in [5, 5.41) is 11.1. The van der Waals surface area contributed by atoms with Crippen LogP contribution in [0.25, 0.3) is 0 Å². The Bertz CT molecular complexity index is 636. The van der Waals surface area contributed by atoms with Crippen molar-refractivity contribution in [3.05, 3.63) is 28.8 Å². The van der Waals surface area contributed by atoms with Gasteiger partial charge in [-0.05, 0) is 12.1 Å². The molecule has 1 aromatic rings. The predicted octanol–water partition coefficient (Wildman–Crippen LogP) is 0.899. The molecule has 1 aliphatic heterocycles. The number of carbonyl (C=O) groups is 3. The summed E-state index contributed by atoms with van der Waals surface area (Å²) in [6.45, 7) is -0.104. The Balaban J connectivity index is 2.18. The molecule has 0 atom stereocenters. The second-order valence-corrected chi connectivity index (χ2v) is 4.52. The number of carbonyl (C=O) groups excluding carboxylic acids is 3. The molecule has 2 amide bonds. The van der Waals surface area contributed by atoms with Crippen LogP contribution in [0.15, 0.2) is 18.2 Å². The number of ketones is 1. The van der Waals surface area contributed by atoms with Gasteiger partial charge in [0.2, 0.25) is 5.91 Å². The lowest BCUT2D eigenvalue weighted by Gasteiger charge is -2.16. The van der Waals surface area contributed by atoms with Gasteiger partial charge in [0.25, 0.3) is 11.7 Å². The number of hydrogen-bond acceptors (Lipinski definition) is 4. The normalized spacial score (nSPS) is 13.1. The molecule has 2 rings (SSSR count). The Labute approximate surface area is 119 Å². The van der Waals surface area contributed by atoms with E-state index in [1.165, 1.54) is 6.07 Å². The molecule has 1 aliphatic rings. The van der Waals surface area contributed by atoms with Crippen molar-refractivity contribution in [1.29, 1.82) is 5.26 Å². The number of amides is 2. The largest absolute Gasteiger partial charge is 0.354 e. The molecule has 1 aromatic carbocycles. The summed E-state index contributed by atoms with van der Waals surface area (Å²) in [6, 6.07) is 6.50. The minimum absolute atomic E-state index is 0.177. The highest BCUT2D eigenvalue weighted by molar-refractivity contribution is 6.54. The number of nitrogens with one attached hydrogen (secondary N) is 1. The summed E-state index contributed by atoms with van der Waals surface area (Å²) in [7, 11) is 0. The van der Waals surface area contributed by atoms with Crippen molar-refractivity contribution in [2.75, 3.05) is 18.0 Å². The number of hydrogen-bond donors (Lipinski definition) is 1. The van der Waals surface area contributed by atoms with E-state index in [9.17, 15) is 14.4 Å². The number of nitrogens with zero attached hydrogens (tertiary/aromatic N) is 2. The maximum Gasteiger partial charge on any atom is 0.300 e. The van der Waals surface area contributed by atoms with Crippen LogP contribution >= 0.6 is 11.6 Å². The fourth-order valence-corrected chi connectivity index (χ4v) is 2.20. The van der Waals surface area contributed by atoms with Crippen LogP contribution in [0.4, 0.5) is 5.69 Å². The molecule has 0 aliphatic carbocycles. The van der Waals surface area contributed by atoms with Crippen molar-refractivity contribution in [1.82, 2.24) is 5.32 Å². The molecule has 6 nitrogen and oxygen atoms in total. The zero-order chi connectivity index (χ0) is 14.7. The third-order valence-corrected chi connectivity index (χ3v) is 3.11. The number of fused-ring (bicyclic) bond motifs is 1. The Hall–Kier alpha value is -2.39. The Morgan fingerprint density at radius 2 is 2.15 bits per heavy atom. The standard InChI is InChI=1S/C13H10ClN3O3/c14-9-4-1-3-8-11(9)17(13(20)12(8)19)7-10(18)16-6-2-5-15/h1,3-4H,2,6-7H2,(H,16,18). The molecular formula is C13H10ClN3O3. The lowest BCUT2D eigenvalue weighted by molar-refractivity contribution is -0.122. The summed E-state index contributed by atoms with van der Waals surface area (Å²) in [5.74, 6) is -1.90. The number of nitriles is 1. The lowest BCUT2D eigenvalue weighted by atomic mass is 10.1. The molecule has 7 heteroatoms. The first kappa shape index (κ1) is 14.0. The molecule has 102 valence electrons. The SMILES string of the molecule is N#CCCNC(=O)CN1C(=O)C(=O)c2cccc(Cl)c21. The Morgan fingerprint density at radius 3 is 2.85 bits per heavy atom. The second kappa shape index (κ2) is 5.72. The van der Waals surface area contributed by atoms with Crippen LogP contribution in [0, 0.1) is 11.3 Å². The van der Waals surface area contributed by atoms with Crippen molar-refractivity contribution in [2.45, 2.75) is 6.42 Å². The van der Waals surface area contributed by atoms with Crippen molar-refractivity contribution in [3.8, 4) is 6.07 Å². The van der Waals surface area contributed by atoms with Gasteiger partial charge in [-0.15, -0.1) is 0 Å². The Morgan fingerprint density at radius 1 is 1.40 bits per heavy atom. The zero-order valence-corrected chi connectivity index (χ0v) is 11.1. The van der Waals surface area contributed by atoms with Crippen molar-refractivity contribution in [2.24, 2.45) is 0 Å². The maximum atomic E-state index is 11.9. The van der Waals surface area contributed by atoms with Crippen LogP contribution in [-0.4, -0.2) is 30.7 Å². The van der Waals surface area contributed by atoms with Crippen LogP contribution in [0.2, 0.25) is 5.02 Å². The van der Waals surface area contributed by atoms with E-state index in [1.54, 1.807) is 12.1 Å². The fraction of sp³-hybridized carbons (Fsp3) is 0.231. The lowest BCUT2D eigenvalue weighted by Crippen LogP contribution is -2.40. The minimum Gasteiger partial charge on any atom is -0.354 e. The molecule has 0 saturated heterocycles. The van der Waals surface area contributed by atoms with Crippen molar-refractivity contribution >= 4 is 34.9 Å². The highest BCUT2D eigenvalue weighted by atomic mass is 35.5. The number of rotatable bonds is 4. The van der Waals surface area contributed by atoms with Gasteiger partial charge in [-0.25, -0.2) is 0 Å². The molecule has 1 N–H and O–H groups in total. The van der Waals surface area contributed by atoms with Crippen LogP contribution in [0.1, 0.15) is 16.8 Å². The third-order valence-electron chi connectivity index (χ3n) is 2.80. The van der Waals surface area contributed by atoms with E-state index in [0.29, 0.717) is 0 Å². The van der Waals surface area contributed by atoms with E-state index in [0.717, 1.165) is 4.90 Å². The smallest absolute Gasteiger partial charge is 0.300 e. The van der Waals surface area contributed by atoms with Crippen LogP contribution in [0.3, 0.4) is 0 Å². The molecule has 1 heterocycles. The van der Waals surface area contributed by atoms with Crippen LogP contribution < -0.4 is 10.2 Å². The van der Waals surface area contributed by atoms with Gasteiger partial charge in [-0.1, -0.05) is 17.7 Å². The number of para-hydroxylation sites is 1. The quantitative estimate of drug-likeness (QED) is 0.659. The fourth-order valence-electron chi connectivity index (χ4n) is 1.92. The maximum absolute atomic E-state index is 11.9. The minimum atomic E-state index is -0.775. The van der Waals surface area contributed by atoms with Gasteiger partial charge in [0.05, 0.1) is 28.8 Å². The van der Waals surface area contributed by atoms with E-state index in [-0.39, 0.29) is 35.8 Å². The zero-order valence-electron chi connectivity index (χ0n) is 10.4. The van der Waals surface area contributed by atoms with Gasteiger partial charge in [-0.3, -0.25) is 19.3 Å². The van der Waals surface area contributed by atoms with Gasteiger partial charge in [0, 0.05) is 6.54 Å². The number of benzene rings is 1. The summed E-state index contributed by atoms with van der Waals surface area (Å²) in [4.78, 5) is 36.4. The monoisotopic (exact) mass is 291 g/mol. The first-order chi connectivity index (χ1) is 9.56. The summed E-state index contributed by atoms with van der Waals surface area (Å²) < 4.78 is 0. The topological polar surface area (TPSA) is 90.3 Å². The molecule has 0 radical (unpaired) electrons. The molecule has 0 saturated carbocycles. The summed E-state index contributed by atoms with van der Waals surface area (Å²) in [5.41, 5.74) is 0.465. The number of anilines is 1. The van der Waals surface area contributed by atoms with E-state index in [1.807, 2.05) is 6.07 Å². The first-order valence-electron chi connectivity index (χ1n) is 5.84. The molecule has 0 spiro atoms. The second-order valence-electron chi connectivity index (χ2n) is 4.11. The molecule has 0 aromatic heterocycles. The van der Waals surface area contributed by atoms with E-state index < -0.39 is 17.6 Å². The summed E-state index contributed by atoms with van der Waals surface area (Å²) in [6.07, 6.45) is 0.177. The van der Waals surface area contributed by atoms with Gasteiger partial charge in [-0.2, -0.15) is 5.26 Å². The number of halogens is 1. The first-order valence-corrected chi connectivity index (χ1v) is 6.22. The third kappa shape index (κ3) is 2.49. The van der Waals surface area contributed by atoms with Gasteiger partial charge in [0.1, 0.15) is 6.54 Å². The highest BCUT2D eigenvalue weighted by Crippen LogP contribution is 2.35. The van der Waals surface area contributed by atoms with Crippen LogP contribution in [0.5, 0.6) is 0 Å². The molecule has 0 fully saturated rings. The predicted molar refractivity (Wildman–Crippen MR) is 71.4 cm³/mol. The average Bonchev–Trinajstić information content (AvgIpc) is 2.66. The molecule has 20 heavy (non-hydrogen) atoms. The average molecular weight is 292 g/mol. The van der Waals surface area contributed by atoms with Crippen LogP contribution in [-0.2, 0) is 9.59 Å². The molecular weight excluding hydrogens is 282 g/mol. The van der Waals surface area contributed by atoms with Crippen molar-refractivity contribution in [3.63, 3.8) is 0 Å². The van der Waals surface area contributed by atoms with E-state index in [2.05, 4.69) is 5.32 Å². The van der Waals surface area contributed by atoms with Crippen molar-refractivity contribution < 1.29 is 14.4 Å². The number of Topliss-reactive ketones (excluding diaryl/α,β-unsaturated/α-hetero) is 1. The van der Waals surface area contributed by atoms with E-state index in [4.69, 9.17) is 16.9 Å². The molecule has 0 unspecified atom stereocenters. The van der Waals surface area contributed by atoms with Gasteiger partial charge < -0.3 is 5.32 Å². The summed E-state index contributed by atoms with van der Waals surface area (Å²) >= 11 is 5.98. The van der Waals surface area contributed by atoms with Gasteiger partial charge >= 0.3 is 0 Å². The Kier molecular flexibility index (Phi) is 4.01. The van der Waals surface area contributed by atoms with Gasteiger partial charge in [0.15, 0.2) is 0 Å². The van der Waals surface area contributed by atoms with E-state index >= 15 is 0 Å². The highest BCUT2D eigenvalue weighted by Gasteiger charge is 2.38. The molecule has 0 bridgehead atoms.